The van der Waals surface area contributed by atoms with E-state index in [1.54, 1.807) is 11.3 Å². The van der Waals surface area contributed by atoms with Gasteiger partial charge in [-0.2, -0.15) is 0 Å². The molecule has 4 nitrogen and oxygen atoms in total. The molecule has 84 valence electrons. The molecule has 0 saturated heterocycles. The van der Waals surface area contributed by atoms with E-state index in [9.17, 15) is 0 Å². The van der Waals surface area contributed by atoms with E-state index in [1.807, 2.05) is 17.5 Å². The van der Waals surface area contributed by atoms with Crippen molar-refractivity contribution in [3.8, 4) is 10.7 Å². The maximum Gasteiger partial charge on any atom is 0.173 e. The van der Waals surface area contributed by atoms with Crippen LogP contribution in [-0.4, -0.2) is 9.97 Å². The van der Waals surface area contributed by atoms with Gasteiger partial charge in [0.05, 0.1) is 4.88 Å². The first-order valence-electron chi connectivity index (χ1n) is 4.82. The monoisotopic (exact) mass is 298 g/mol. The molecule has 16 heavy (non-hydrogen) atoms. The van der Waals surface area contributed by atoms with Crippen molar-refractivity contribution < 1.29 is 0 Å². The quantitative estimate of drug-likeness (QED) is 0.675. The van der Waals surface area contributed by atoms with Crippen LogP contribution in [0.3, 0.4) is 0 Å². The van der Waals surface area contributed by atoms with Crippen molar-refractivity contribution in [3.05, 3.63) is 27.7 Å². The first-order valence-corrected chi connectivity index (χ1v) is 6.49. The standard InChI is InChI=1S/C10H11BrN4S/c1-2-6-5-8(15-12)14-10(13-6)9-7(11)3-4-16-9/h3-5H,2,12H2,1H3,(H,13,14,15). The average Bonchev–Trinajstić information content (AvgIpc) is 2.74. The lowest BCUT2D eigenvalue weighted by Crippen LogP contribution is -2.10. The highest BCUT2D eigenvalue weighted by Crippen LogP contribution is 2.31. The minimum Gasteiger partial charge on any atom is -0.308 e. The number of aryl methyl sites for hydroxylation is 1. The van der Waals surface area contributed by atoms with Gasteiger partial charge >= 0.3 is 0 Å². The number of halogens is 1. The van der Waals surface area contributed by atoms with Gasteiger partial charge in [-0.3, -0.25) is 0 Å². The van der Waals surface area contributed by atoms with Gasteiger partial charge in [-0.25, -0.2) is 15.8 Å². The normalized spacial score (nSPS) is 10.4. The summed E-state index contributed by atoms with van der Waals surface area (Å²) in [7, 11) is 0. The molecule has 0 unspecified atom stereocenters. The Morgan fingerprint density at radius 1 is 1.50 bits per heavy atom. The molecule has 6 heteroatoms. The minimum atomic E-state index is 0.641. The lowest BCUT2D eigenvalue weighted by Gasteiger charge is -2.05. The van der Waals surface area contributed by atoms with Crippen LogP contribution in [0.2, 0.25) is 0 Å². The zero-order valence-corrected chi connectivity index (χ0v) is 11.1. The third kappa shape index (κ3) is 2.23. The Hall–Kier alpha value is -0.980. The molecule has 0 aromatic carbocycles. The highest BCUT2D eigenvalue weighted by Gasteiger charge is 2.10. The van der Waals surface area contributed by atoms with E-state index in [1.165, 1.54) is 0 Å². The van der Waals surface area contributed by atoms with Crippen LogP contribution >= 0.6 is 27.3 Å². The molecule has 0 bridgehead atoms. The number of rotatable bonds is 3. The maximum absolute atomic E-state index is 5.39. The van der Waals surface area contributed by atoms with Crippen LogP contribution < -0.4 is 11.3 Å². The Bertz CT molecular complexity index is 475. The molecule has 0 atom stereocenters. The van der Waals surface area contributed by atoms with Gasteiger partial charge in [0.25, 0.3) is 0 Å². The van der Waals surface area contributed by atoms with E-state index >= 15 is 0 Å². The first kappa shape index (κ1) is 11.5. The molecule has 0 amide bonds. The summed E-state index contributed by atoms with van der Waals surface area (Å²) in [5.41, 5.74) is 3.53. The van der Waals surface area contributed by atoms with Gasteiger partial charge in [-0.1, -0.05) is 6.92 Å². The molecular formula is C10H11BrN4S. The zero-order valence-electron chi connectivity index (χ0n) is 8.70. The summed E-state index contributed by atoms with van der Waals surface area (Å²) in [6.45, 7) is 2.05. The summed E-state index contributed by atoms with van der Waals surface area (Å²) in [6.07, 6.45) is 0.854. The van der Waals surface area contributed by atoms with E-state index < -0.39 is 0 Å². The smallest absolute Gasteiger partial charge is 0.173 e. The summed E-state index contributed by atoms with van der Waals surface area (Å²) in [5, 5.41) is 2.00. The second kappa shape index (κ2) is 4.90. The largest absolute Gasteiger partial charge is 0.308 e. The fraction of sp³-hybridized carbons (Fsp3) is 0.200. The number of nitrogen functional groups attached to an aromatic ring is 1. The molecule has 2 heterocycles. The van der Waals surface area contributed by atoms with Crippen LogP contribution in [0.5, 0.6) is 0 Å². The minimum absolute atomic E-state index is 0.641. The summed E-state index contributed by atoms with van der Waals surface area (Å²) in [5.74, 6) is 6.73. The molecule has 2 rings (SSSR count). The van der Waals surface area contributed by atoms with Gasteiger partial charge in [0, 0.05) is 16.2 Å². The van der Waals surface area contributed by atoms with Crippen LogP contribution in [0.25, 0.3) is 10.7 Å². The Balaban J connectivity index is 2.52. The lowest BCUT2D eigenvalue weighted by atomic mass is 10.3. The second-order valence-corrected chi connectivity index (χ2v) is 4.93. The highest BCUT2D eigenvalue weighted by atomic mass is 79.9. The molecule has 0 aliphatic heterocycles. The van der Waals surface area contributed by atoms with Crippen molar-refractivity contribution in [1.29, 1.82) is 0 Å². The van der Waals surface area contributed by atoms with Crippen molar-refractivity contribution in [1.82, 2.24) is 9.97 Å². The van der Waals surface area contributed by atoms with Crippen LogP contribution in [-0.2, 0) is 6.42 Å². The lowest BCUT2D eigenvalue weighted by molar-refractivity contribution is 1.00. The van der Waals surface area contributed by atoms with Crippen molar-refractivity contribution in [2.24, 2.45) is 5.84 Å². The number of hydrogen-bond acceptors (Lipinski definition) is 5. The third-order valence-corrected chi connectivity index (χ3v) is 3.94. The number of anilines is 1. The van der Waals surface area contributed by atoms with E-state index in [2.05, 4.69) is 38.2 Å². The van der Waals surface area contributed by atoms with Crippen molar-refractivity contribution in [2.75, 3.05) is 5.43 Å². The first-order chi connectivity index (χ1) is 7.74. The zero-order chi connectivity index (χ0) is 11.5. The predicted octanol–water partition coefficient (Wildman–Crippen LogP) is 2.82. The number of hydrogen-bond donors (Lipinski definition) is 2. The molecule has 0 spiro atoms. The predicted molar refractivity (Wildman–Crippen MR) is 70.2 cm³/mol. The number of aromatic nitrogens is 2. The fourth-order valence-electron chi connectivity index (χ4n) is 1.31. The van der Waals surface area contributed by atoms with Gasteiger partial charge in [0.1, 0.15) is 5.82 Å². The molecule has 0 radical (unpaired) electrons. The average molecular weight is 299 g/mol. The molecule has 2 aromatic heterocycles. The number of nitrogens with zero attached hydrogens (tertiary/aromatic N) is 2. The summed E-state index contributed by atoms with van der Waals surface area (Å²) in [4.78, 5) is 9.83. The van der Waals surface area contributed by atoms with E-state index in [0.717, 1.165) is 21.5 Å². The van der Waals surface area contributed by atoms with Gasteiger partial charge in [-0.05, 0) is 33.8 Å². The van der Waals surface area contributed by atoms with Crippen molar-refractivity contribution in [3.63, 3.8) is 0 Å². The summed E-state index contributed by atoms with van der Waals surface area (Å²) in [6, 6.07) is 3.84. The number of hydrazine groups is 1. The molecule has 0 saturated carbocycles. The van der Waals surface area contributed by atoms with E-state index in [-0.39, 0.29) is 0 Å². The molecule has 2 aromatic rings. The SMILES string of the molecule is CCc1cc(NN)nc(-c2sccc2Br)n1. The van der Waals surface area contributed by atoms with Crippen molar-refractivity contribution in [2.45, 2.75) is 13.3 Å². The van der Waals surface area contributed by atoms with Crippen LogP contribution in [0, 0.1) is 0 Å². The third-order valence-electron chi connectivity index (χ3n) is 2.11. The Kier molecular flexibility index (Phi) is 3.52. The van der Waals surface area contributed by atoms with Crippen LogP contribution in [0.15, 0.2) is 22.0 Å². The summed E-state index contributed by atoms with van der Waals surface area (Å²) < 4.78 is 1.01. The molecule has 0 aliphatic carbocycles. The van der Waals surface area contributed by atoms with Gasteiger partial charge in [0.2, 0.25) is 0 Å². The van der Waals surface area contributed by atoms with Crippen LogP contribution in [0.4, 0.5) is 5.82 Å². The Morgan fingerprint density at radius 3 is 2.88 bits per heavy atom. The number of thiophene rings is 1. The van der Waals surface area contributed by atoms with E-state index in [4.69, 9.17) is 5.84 Å². The summed E-state index contributed by atoms with van der Waals surface area (Å²) >= 11 is 5.08. The van der Waals surface area contributed by atoms with E-state index in [0.29, 0.717) is 11.6 Å². The highest BCUT2D eigenvalue weighted by molar-refractivity contribution is 9.10. The molecular weight excluding hydrogens is 288 g/mol. The van der Waals surface area contributed by atoms with Gasteiger partial charge in [0.15, 0.2) is 5.82 Å². The Morgan fingerprint density at radius 2 is 2.31 bits per heavy atom. The van der Waals surface area contributed by atoms with Crippen molar-refractivity contribution >= 4 is 33.1 Å². The van der Waals surface area contributed by atoms with Gasteiger partial charge < -0.3 is 5.43 Å². The number of nitrogens with two attached hydrogens (primary N) is 1. The molecule has 0 aliphatic rings. The fourth-order valence-corrected chi connectivity index (χ4v) is 2.79. The second-order valence-electron chi connectivity index (χ2n) is 3.16. The molecule has 3 N–H and O–H groups in total. The molecule has 0 fully saturated rings. The Labute approximate surface area is 106 Å². The number of nitrogens with one attached hydrogen (secondary N) is 1. The van der Waals surface area contributed by atoms with Crippen LogP contribution in [0.1, 0.15) is 12.6 Å². The topological polar surface area (TPSA) is 63.8 Å². The van der Waals surface area contributed by atoms with Gasteiger partial charge in [-0.15, -0.1) is 11.3 Å². The maximum atomic E-state index is 5.39.